The zero-order valence-corrected chi connectivity index (χ0v) is 14.7. The zero-order valence-electron chi connectivity index (χ0n) is 14.7. The van der Waals surface area contributed by atoms with Crippen LogP contribution in [-0.4, -0.2) is 9.97 Å². The number of benzene rings is 3. The first kappa shape index (κ1) is 15.1. The van der Waals surface area contributed by atoms with E-state index in [0.29, 0.717) is 5.92 Å². The highest BCUT2D eigenvalue weighted by Gasteiger charge is 2.16. The van der Waals surface area contributed by atoms with E-state index in [-0.39, 0.29) is 0 Å². The Kier molecular flexibility index (Phi) is 3.29. The van der Waals surface area contributed by atoms with Gasteiger partial charge in [0.25, 0.3) is 0 Å². The van der Waals surface area contributed by atoms with Gasteiger partial charge < -0.3 is 4.42 Å². The summed E-state index contributed by atoms with van der Waals surface area (Å²) in [5.74, 6) is 0.507. The third kappa shape index (κ3) is 2.21. The van der Waals surface area contributed by atoms with Gasteiger partial charge in [0.05, 0.1) is 5.39 Å². The Hall–Kier alpha value is -3.20. The highest BCUT2D eigenvalue weighted by molar-refractivity contribution is 6.18. The fraction of sp³-hybridized carbons (Fsp3) is 0.130. The van der Waals surface area contributed by atoms with Crippen molar-refractivity contribution < 1.29 is 4.42 Å². The molecular weight excluding hydrogens is 320 g/mol. The Balaban J connectivity index is 1.81. The molecule has 3 heteroatoms. The Bertz CT molecular complexity index is 1250. The van der Waals surface area contributed by atoms with Crippen LogP contribution < -0.4 is 0 Å². The average Bonchev–Trinajstić information content (AvgIpc) is 3.07. The first-order valence-corrected chi connectivity index (χ1v) is 8.87. The highest BCUT2D eigenvalue weighted by atomic mass is 16.3. The molecule has 3 aromatic carbocycles. The van der Waals surface area contributed by atoms with E-state index in [0.717, 1.165) is 38.7 Å². The average molecular weight is 338 g/mol. The first-order chi connectivity index (χ1) is 12.7. The van der Waals surface area contributed by atoms with Crippen LogP contribution in [0.2, 0.25) is 0 Å². The second-order valence-corrected chi connectivity index (χ2v) is 6.94. The molecule has 3 nitrogen and oxygen atoms in total. The van der Waals surface area contributed by atoms with Gasteiger partial charge in [-0.05, 0) is 28.3 Å². The molecule has 2 aromatic heterocycles. The van der Waals surface area contributed by atoms with E-state index in [2.05, 4.69) is 66.3 Å². The molecule has 126 valence electrons. The maximum atomic E-state index is 6.20. The second kappa shape index (κ2) is 5.67. The fourth-order valence-electron chi connectivity index (χ4n) is 3.57. The maximum Gasteiger partial charge on any atom is 0.180 e. The summed E-state index contributed by atoms with van der Waals surface area (Å²) < 4.78 is 6.20. The summed E-state index contributed by atoms with van der Waals surface area (Å²) in [5, 5.41) is 3.40. The van der Waals surface area contributed by atoms with Gasteiger partial charge in [-0.25, -0.2) is 9.97 Å². The Labute approximate surface area is 151 Å². The van der Waals surface area contributed by atoms with Gasteiger partial charge >= 0.3 is 0 Å². The van der Waals surface area contributed by atoms with Crippen LogP contribution in [0.1, 0.15) is 25.3 Å². The van der Waals surface area contributed by atoms with Crippen LogP contribution in [0.15, 0.2) is 71.4 Å². The van der Waals surface area contributed by atoms with Crippen LogP contribution in [0.4, 0.5) is 0 Å². The lowest BCUT2D eigenvalue weighted by molar-refractivity contribution is 0.667. The smallest absolute Gasteiger partial charge is 0.180 e. The molecule has 0 aliphatic rings. The van der Waals surface area contributed by atoms with Crippen molar-refractivity contribution >= 4 is 32.8 Å². The number of furan rings is 1. The molecule has 0 bridgehead atoms. The number of fused-ring (bicyclic) bond motifs is 5. The minimum Gasteiger partial charge on any atom is -0.452 e. The highest BCUT2D eigenvalue weighted by Crippen LogP contribution is 2.37. The van der Waals surface area contributed by atoms with Crippen LogP contribution in [0.25, 0.3) is 44.1 Å². The molecule has 0 radical (unpaired) electrons. The van der Waals surface area contributed by atoms with Gasteiger partial charge in [0.1, 0.15) is 23.1 Å². The molecule has 2 heterocycles. The molecule has 0 N–H and O–H groups in total. The quantitative estimate of drug-likeness (QED) is 0.378. The molecule has 0 aliphatic carbocycles. The Morgan fingerprint density at radius 3 is 2.46 bits per heavy atom. The van der Waals surface area contributed by atoms with Crippen molar-refractivity contribution in [3.05, 3.63) is 72.6 Å². The van der Waals surface area contributed by atoms with Crippen molar-refractivity contribution in [1.29, 1.82) is 0 Å². The number of hydrogen-bond acceptors (Lipinski definition) is 3. The summed E-state index contributed by atoms with van der Waals surface area (Å²) >= 11 is 0. The minimum absolute atomic E-state index is 0.507. The summed E-state index contributed by atoms with van der Waals surface area (Å²) in [5.41, 5.74) is 5.66. The molecule has 0 saturated heterocycles. The third-order valence-electron chi connectivity index (χ3n) is 4.99. The monoisotopic (exact) mass is 338 g/mol. The Morgan fingerprint density at radius 2 is 1.65 bits per heavy atom. The van der Waals surface area contributed by atoms with Crippen molar-refractivity contribution in [2.45, 2.75) is 19.8 Å². The molecule has 0 amide bonds. The normalized spacial score (nSPS) is 11.8. The molecule has 5 aromatic rings. The predicted octanol–water partition coefficient (Wildman–Crippen LogP) is 6.32. The van der Waals surface area contributed by atoms with E-state index in [1.807, 2.05) is 18.2 Å². The molecule has 0 saturated carbocycles. The van der Waals surface area contributed by atoms with E-state index in [1.165, 1.54) is 10.9 Å². The van der Waals surface area contributed by atoms with Crippen molar-refractivity contribution in [1.82, 2.24) is 9.97 Å². The number of nitrogens with zero attached hydrogens (tertiary/aromatic N) is 2. The minimum atomic E-state index is 0.507. The lowest BCUT2D eigenvalue weighted by Gasteiger charge is -2.06. The predicted molar refractivity (Wildman–Crippen MR) is 106 cm³/mol. The van der Waals surface area contributed by atoms with E-state index >= 15 is 0 Å². The van der Waals surface area contributed by atoms with Gasteiger partial charge in [0, 0.05) is 5.56 Å². The van der Waals surface area contributed by atoms with E-state index in [9.17, 15) is 0 Å². The maximum absolute atomic E-state index is 6.20. The lowest BCUT2D eigenvalue weighted by Crippen LogP contribution is -1.89. The molecular formula is C23H18N2O. The molecule has 0 unspecified atom stereocenters. The van der Waals surface area contributed by atoms with Gasteiger partial charge in [-0.15, -0.1) is 0 Å². The fourth-order valence-corrected chi connectivity index (χ4v) is 3.57. The summed E-state index contributed by atoms with van der Waals surface area (Å²) in [6.45, 7) is 4.39. The van der Waals surface area contributed by atoms with Crippen LogP contribution in [0.3, 0.4) is 0 Å². The molecule has 26 heavy (non-hydrogen) atoms. The SMILES string of the molecule is CC(C)c1ccc(-c2ncnc3c2oc2ccc4ccccc4c23)cc1. The van der Waals surface area contributed by atoms with Gasteiger partial charge in [0.15, 0.2) is 5.58 Å². The molecule has 0 aliphatic heterocycles. The van der Waals surface area contributed by atoms with Gasteiger partial charge in [0.2, 0.25) is 0 Å². The topological polar surface area (TPSA) is 38.9 Å². The van der Waals surface area contributed by atoms with Crippen molar-refractivity contribution in [2.75, 3.05) is 0 Å². The molecule has 0 spiro atoms. The van der Waals surface area contributed by atoms with E-state index in [4.69, 9.17) is 4.42 Å². The van der Waals surface area contributed by atoms with E-state index < -0.39 is 0 Å². The van der Waals surface area contributed by atoms with Gasteiger partial charge in [-0.3, -0.25) is 0 Å². The number of aromatic nitrogens is 2. The molecule has 0 atom stereocenters. The van der Waals surface area contributed by atoms with Crippen LogP contribution >= 0.6 is 0 Å². The van der Waals surface area contributed by atoms with Crippen molar-refractivity contribution in [2.24, 2.45) is 0 Å². The first-order valence-electron chi connectivity index (χ1n) is 8.87. The van der Waals surface area contributed by atoms with Crippen LogP contribution in [-0.2, 0) is 0 Å². The van der Waals surface area contributed by atoms with Crippen molar-refractivity contribution in [3.63, 3.8) is 0 Å². The van der Waals surface area contributed by atoms with Gasteiger partial charge in [-0.2, -0.15) is 0 Å². The molecule has 5 rings (SSSR count). The standard InChI is InChI=1S/C23H18N2O/c1-14(2)15-7-9-17(10-8-15)21-23-22(25-13-24-21)20-18-6-4-3-5-16(18)11-12-19(20)26-23/h3-14H,1-2H3. The van der Waals surface area contributed by atoms with E-state index in [1.54, 1.807) is 6.33 Å². The van der Waals surface area contributed by atoms with Gasteiger partial charge in [-0.1, -0.05) is 68.4 Å². The summed E-state index contributed by atoms with van der Waals surface area (Å²) in [7, 11) is 0. The zero-order chi connectivity index (χ0) is 17.7. The van der Waals surface area contributed by atoms with Crippen LogP contribution in [0, 0.1) is 0 Å². The summed E-state index contributed by atoms with van der Waals surface area (Å²) in [6, 6.07) is 21.0. The third-order valence-corrected chi connectivity index (χ3v) is 4.99. The van der Waals surface area contributed by atoms with Crippen molar-refractivity contribution in [3.8, 4) is 11.3 Å². The molecule has 0 fully saturated rings. The Morgan fingerprint density at radius 1 is 0.846 bits per heavy atom. The number of hydrogen-bond donors (Lipinski definition) is 0. The largest absolute Gasteiger partial charge is 0.452 e. The number of rotatable bonds is 2. The lowest BCUT2D eigenvalue weighted by atomic mass is 10.0. The summed E-state index contributed by atoms with van der Waals surface area (Å²) in [4.78, 5) is 9.07. The second-order valence-electron chi connectivity index (χ2n) is 6.94. The van der Waals surface area contributed by atoms with Crippen LogP contribution in [0.5, 0.6) is 0 Å². The summed E-state index contributed by atoms with van der Waals surface area (Å²) in [6.07, 6.45) is 1.63.